The van der Waals surface area contributed by atoms with Gasteiger partial charge in [0.05, 0.1) is 4.90 Å². The fourth-order valence-electron chi connectivity index (χ4n) is 3.38. The van der Waals surface area contributed by atoms with E-state index in [0.29, 0.717) is 29.4 Å². The average Bonchev–Trinajstić information content (AvgIpc) is 2.75. The number of urea groups is 1. The van der Waals surface area contributed by atoms with Gasteiger partial charge in [-0.15, -0.1) is 0 Å². The zero-order valence-electron chi connectivity index (χ0n) is 16.0. The normalized spacial score (nSPS) is 14.0. The van der Waals surface area contributed by atoms with Crippen LogP contribution in [0.2, 0.25) is 5.02 Å². The molecule has 4 rings (SSSR count). The first-order chi connectivity index (χ1) is 14.4. The molecule has 30 heavy (non-hydrogen) atoms. The number of sulfonamides is 1. The lowest BCUT2D eigenvalue weighted by atomic mass is 10.0. The number of halogens is 1. The van der Waals surface area contributed by atoms with Gasteiger partial charge in [0.2, 0.25) is 10.0 Å². The first kappa shape index (κ1) is 20.4. The molecule has 3 aromatic carbocycles. The van der Waals surface area contributed by atoms with Crippen LogP contribution in [-0.4, -0.2) is 25.3 Å². The van der Waals surface area contributed by atoms with E-state index >= 15 is 0 Å². The van der Waals surface area contributed by atoms with Gasteiger partial charge in [0.25, 0.3) is 0 Å². The molecule has 154 valence electrons. The molecule has 8 heteroatoms. The fourth-order valence-corrected chi connectivity index (χ4v) is 4.95. The van der Waals surface area contributed by atoms with Gasteiger partial charge in [-0.25, -0.2) is 13.2 Å². The molecular weight excluding hydrogens is 422 g/mol. The number of fused-ring (bicyclic) bond motifs is 1. The van der Waals surface area contributed by atoms with Crippen molar-refractivity contribution < 1.29 is 13.2 Å². The van der Waals surface area contributed by atoms with Gasteiger partial charge in [0.15, 0.2) is 0 Å². The molecule has 0 saturated heterocycles. The van der Waals surface area contributed by atoms with Crippen molar-refractivity contribution in [3.63, 3.8) is 0 Å². The quantitative estimate of drug-likeness (QED) is 0.614. The van der Waals surface area contributed by atoms with Crippen LogP contribution in [0.25, 0.3) is 0 Å². The van der Waals surface area contributed by atoms with Gasteiger partial charge in [-0.3, -0.25) is 0 Å². The predicted molar refractivity (Wildman–Crippen MR) is 118 cm³/mol. The lowest BCUT2D eigenvalue weighted by Crippen LogP contribution is -2.36. The summed E-state index contributed by atoms with van der Waals surface area (Å²) in [5.74, 6) is 0. The first-order valence-corrected chi connectivity index (χ1v) is 11.2. The minimum Gasteiger partial charge on any atom is -0.308 e. The first-order valence-electron chi connectivity index (χ1n) is 9.42. The maximum Gasteiger partial charge on any atom is 0.323 e. The Hall–Kier alpha value is -2.87. The maximum atomic E-state index is 12.9. The monoisotopic (exact) mass is 441 g/mol. The van der Waals surface area contributed by atoms with Crippen molar-refractivity contribution in [2.75, 3.05) is 17.2 Å². The Morgan fingerprint density at radius 3 is 2.27 bits per heavy atom. The van der Waals surface area contributed by atoms with Gasteiger partial charge < -0.3 is 10.6 Å². The van der Waals surface area contributed by atoms with Gasteiger partial charge >= 0.3 is 6.03 Å². The Kier molecular flexibility index (Phi) is 5.76. The second-order valence-corrected chi connectivity index (χ2v) is 9.35. The number of rotatable bonds is 4. The molecule has 6 nitrogen and oxygen atoms in total. The van der Waals surface area contributed by atoms with Crippen LogP contribution in [0.15, 0.2) is 77.7 Å². The van der Waals surface area contributed by atoms with Crippen LogP contribution < -0.4 is 10.6 Å². The number of hydrogen-bond acceptors (Lipinski definition) is 3. The lowest BCUT2D eigenvalue weighted by Gasteiger charge is -2.28. The van der Waals surface area contributed by atoms with E-state index in [0.717, 1.165) is 11.1 Å². The topological polar surface area (TPSA) is 78.5 Å². The Labute approximate surface area is 180 Å². The van der Waals surface area contributed by atoms with E-state index in [2.05, 4.69) is 10.6 Å². The summed E-state index contributed by atoms with van der Waals surface area (Å²) in [6.45, 7) is 0.689. The molecule has 1 aliphatic heterocycles. The minimum absolute atomic E-state index is 0.265. The zero-order valence-corrected chi connectivity index (χ0v) is 17.6. The standard InChI is InChI=1S/C22H20ClN3O3S/c23-18-7-10-19(11-8-18)24-22(27)25-20-9-6-16-12-13-26(15-17(16)14-20)30(28,29)21-4-2-1-3-5-21/h1-11,14H,12-13,15H2,(H2,24,25,27). The molecule has 1 heterocycles. The molecule has 2 amide bonds. The van der Waals surface area contributed by atoms with Gasteiger partial charge in [-0.2, -0.15) is 4.31 Å². The summed E-state index contributed by atoms with van der Waals surface area (Å²) in [6.07, 6.45) is 0.624. The summed E-state index contributed by atoms with van der Waals surface area (Å²) in [7, 11) is -3.56. The van der Waals surface area contributed by atoms with Crippen LogP contribution in [0, 0.1) is 0 Å². The number of nitrogens with zero attached hydrogens (tertiary/aromatic N) is 1. The number of nitrogens with one attached hydrogen (secondary N) is 2. The van der Waals surface area contributed by atoms with E-state index in [4.69, 9.17) is 11.6 Å². The summed E-state index contributed by atoms with van der Waals surface area (Å²) >= 11 is 5.85. The highest BCUT2D eigenvalue weighted by Crippen LogP contribution is 2.27. The highest BCUT2D eigenvalue weighted by Gasteiger charge is 2.28. The lowest BCUT2D eigenvalue weighted by molar-refractivity contribution is 0.262. The van der Waals surface area contributed by atoms with Crippen LogP contribution >= 0.6 is 11.6 Å². The molecule has 0 spiro atoms. The number of carbonyl (C=O) groups excluding carboxylic acids is 1. The summed E-state index contributed by atoms with van der Waals surface area (Å²) in [4.78, 5) is 12.6. The predicted octanol–water partition coefficient (Wildman–Crippen LogP) is 4.73. The third-order valence-electron chi connectivity index (χ3n) is 4.92. The van der Waals surface area contributed by atoms with E-state index in [1.165, 1.54) is 4.31 Å². The number of benzene rings is 3. The summed E-state index contributed by atoms with van der Waals surface area (Å²) in [5.41, 5.74) is 3.18. The molecule has 1 aliphatic rings. The third-order valence-corrected chi connectivity index (χ3v) is 7.04. The minimum atomic E-state index is -3.56. The van der Waals surface area contributed by atoms with Crippen LogP contribution in [-0.2, 0) is 23.0 Å². The van der Waals surface area contributed by atoms with E-state index in [1.54, 1.807) is 54.6 Å². The van der Waals surface area contributed by atoms with E-state index in [1.807, 2.05) is 18.2 Å². The summed E-state index contributed by atoms with van der Waals surface area (Å²) in [6, 6.07) is 20.4. The number of amides is 2. The average molecular weight is 442 g/mol. The molecule has 0 fully saturated rings. The fraction of sp³-hybridized carbons (Fsp3) is 0.136. The second kappa shape index (κ2) is 8.47. The van der Waals surface area contributed by atoms with Crippen molar-refractivity contribution in [2.45, 2.75) is 17.9 Å². The largest absolute Gasteiger partial charge is 0.323 e. The highest BCUT2D eigenvalue weighted by molar-refractivity contribution is 7.89. The van der Waals surface area contributed by atoms with Crippen molar-refractivity contribution in [2.24, 2.45) is 0 Å². The molecule has 0 saturated carbocycles. The Balaban J connectivity index is 1.48. The smallest absolute Gasteiger partial charge is 0.308 e. The Morgan fingerprint density at radius 1 is 0.867 bits per heavy atom. The van der Waals surface area contributed by atoms with Gasteiger partial charge in [-0.05, 0) is 66.1 Å². The molecule has 0 aromatic heterocycles. The SMILES string of the molecule is O=C(Nc1ccc(Cl)cc1)Nc1ccc2c(c1)CN(S(=O)(=O)c1ccccc1)CC2. The number of carbonyl (C=O) groups is 1. The van der Waals surface area contributed by atoms with E-state index in [9.17, 15) is 13.2 Å². The van der Waals surface area contributed by atoms with Crippen LogP contribution in [0.4, 0.5) is 16.2 Å². The van der Waals surface area contributed by atoms with E-state index in [-0.39, 0.29) is 17.5 Å². The van der Waals surface area contributed by atoms with Gasteiger partial charge in [0.1, 0.15) is 0 Å². The number of anilines is 2. The van der Waals surface area contributed by atoms with Crippen molar-refractivity contribution in [3.8, 4) is 0 Å². The van der Waals surface area contributed by atoms with Crippen molar-refractivity contribution >= 4 is 39.0 Å². The van der Waals surface area contributed by atoms with Gasteiger partial charge in [-0.1, -0.05) is 35.9 Å². The maximum absolute atomic E-state index is 12.9. The van der Waals surface area contributed by atoms with Crippen molar-refractivity contribution in [3.05, 3.63) is 88.9 Å². The molecular formula is C22H20ClN3O3S. The molecule has 0 radical (unpaired) electrons. The third kappa shape index (κ3) is 4.48. The van der Waals surface area contributed by atoms with Crippen molar-refractivity contribution in [1.82, 2.24) is 4.31 Å². The van der Waals surface area contributed by atoms with Crippen LogP contribution in [0.3, 0.4) is 0 Å². The second-order valence-electron chi connectivity index (χ2n) is 6.97. The molecule has 3 aromatic rings. The number of hydrogen-bond donors (Lipinski definition) is 2. The summed E-state index contributed by atoms with van der Waals surface area (Å²) in [5, 5.41) is 6.12. The zero-order chi connectivity index (χ0) is 21.1. The van der Waals surface area contributed by atoms with Crippen molar-refractivity contribution in [1.29, 1.82) is 0 Å². The summed E-state index contributed by atoms with van der Waals surface area (Å²) < 4.78 is 27.3. The van der Waals surface area contributed by atoms with E-state index < -0.39 is 10.0 Å². The van der Waals surface area contributed by atoms with Crippen LogP contribution in [0.1, 0.15) is 11.1 Å². The molecule has 2 N–H and O–H groups in total. The van der Waals surface area contributed by atoms with Crippen LogP contribution in [0.5, 0.6) is 0 Å². The highest BCUT2D eigenvalue weighted by atomic mass is 35.5. The van der Waals surface area contributed by atoms with Gasteiger partial charge in [0, 0.05) is 29.5 Å². The molecule has 0 unspecified atom stereocenters. The molecule has 0 atom stereocenters. The molecule has 0 bridgehead atoms. The Morgan fingerprint density at radius 2 is 1.53 bits per heavy atom. The Bertz CT molecular complexity index is 1170. The molecule has 0 aliphatic carbocycles.